The van der Waals surface area contributed by atoms with Gasteiger partial charge in [0, 0.05) is 55.4 Å². The molecule has 73 heavy (non-hydrogen) atoms. The molecule has 10 aromatic carbocycles. The second kappa shape index (κ2) is 15.8. The van der Waals surface area contributed by atoms with Crippen LogP contribution in [0.4, 0.5) is 17.1 Å². The summed E-state index contributed by atoms with van der Waals surface area (Å²) in [4.78, 5) is 2.42. The molecule has 4 bridgehead atoms. The average Bonchev–Trinajstić information content (AvgIpc) is 4.07. The summed E-state index contributed by atoms with van der Waals surface area (Å²) in [5, 5.41) is 4.99. The number of hydrogen-bond donors (Lipinski definition) is 0. The monoisotopic (exact) mass is 935 g/mol. The number of anilines is 3. The lowest BCUT2D eigenvalue weighted by atomic mass is 9.43. The first-order chi connectivity index (χ1) is 36.2. The van der Waals surface area contributed by atoms with Gasteiger partial charge in [0.1, 0.15) is 0 Å². The maximum atomic E-state index is 2.56. The molecular weight excluding hydrogens is 883 g/mol. The molecule has 4 fully saturated rings. The van der Waals surface area contributed by atoms with Gasteiger partial charge in [-0.1, -0.05) is 146 Å². The van der Waals surface area contributed by atoms with Gasteiger partial charge in [-0.2, -0.15) is 0 Å². The number of rotatable bonds is 7. The second-order valence-corrected chi connectivity index (χ2v) is 21.7. The molecule has 0 saturated heterocycles. The zero-order valence-electron chi connectivity index (χ0n) is 40.7. The van der Waals surface area contributed by atoms with E-state index in [2.05, 4.69) is 251 Å². The van der Waals surface area contributed by atoms with Crippen LogP contribution in [0.5, 0.6) is 0 Å². The molecule has 0 N–H and O–H groups in total. The molecule has 0 amide bonds. The molecule has 3 heteroatoms. The SMILES string of the molecule is c1ccc(-c2ccc(N(c3ccc(-n4c5ccccc5c5ccccc54)cc3)c3ccc4c(c3)c3ccc(-c5ccc6c(c5)-c5ccccc5C65C6CC7CC(C6)CC5C7)cc3n4-c3ccccc3)cc2)cc1. The van der Waals surface area contributed by atoms with Crippen molar-refractivity contribution in [1.29, 1.82) is 0 Å². The van der Waals surface area contributed by atoms with Crippen molar-refractivity contribution in [2.75, 3.05) is 4.90 Å². The van der Waals surface area contributed by atoms with Crippen LogP contribution >= 0.6 is 0 Å². The van der Waals surface area contributed by atoms with Gasteiger partial charge in [0.15, 0.2) is 0 Å². The summed E-state index contributed by atoms with van der Waals surface area (Å²) in [6.45, 7) is 0. The van der Waals surface area contributed by atoms with E-state index in [9.17, 15) is 0 Å². The lowest BCUT2D eigenvalue weighted by Crippen LogP contribution is -2.55. The lowest BCUT2D eigenvalue weighted by molar-refractivity contribution is -0.0399. The first-order valence-electron chi connectivity index (χ1n) is 26.6. The molecule has 0 atom stereocenters. The highest BCUT2D eigenvalue weighted by Gasteiger charge is 2.61. The Balaban J connectivity index is 0.840. The Morgan fingerprint density at radius 2 is 0.808 bits per heavy atom. The fraction of sp³-hybridized carbons (Fsp3) is 0.143. The van der Waals surface area contributed by atoms with E-state index < -0.39 is 0 Å². The average molecular weight is 936 g/mol. The summed E-state index contributed by atoms with van der Waals surface area (Å²) in [5.74, 6) is 3.38. The van der Waals surface area contributed by atoms with E-state index in [0.717, 1.165) is 52.1 Å². The Hall–Kier alpha value is -8.40. The summed E-state index contributed by atoms with van der Waals surface area (Å²) in [7, 11) is 0. The maximum absolute atomic E-state index is 2.56. The van der Waals surface area contributed by atoms with Gasteiger partial charge in [0.05, 0.1) is 22.1 Å². The lowest BCUT2D eigenvalue weighted by Gasteiger charge is -2.61. The van der Waals surface area contributed by atoms with Crippen LogP contribution in [0.2, 0.25) is 0 Å². The summed E-state index contributed by atoms with van der Waals surface area (Å²) in [6.07, 6.45) is 7.08. The van der Waals surface area contributed by atoms with Crippen LogP contribution in [-0.4, -0.2) is 9.13 Å². The minimum Gasteiger partial charge on any atom is -0.310 e. The van der Waals surface area contributed by atoms with Crippen LogP contribution in [0.1, 0.15) is 43.2 Å². The van der Waals surface area contributed by atoms with Crippen molar-refractivity contribution in [2.24, 2.45) is 23.7 Å². The Kier molecular flexibility index (Phi) is 8.93. The molecule has 4 saturated carbocycles. The van der Waals surface area contributed by atoms with Crippen LogP contribution in [0.25, 0.3) is 88.4 Å². The molecule has 17 rings (SSSR count). The smallest absolute Gasteiger partial charge is 0.0547 e. The van der Waals surface area contributed by atoms with E-state index in [-0.39, 0.29) is 5.41 Å². The number of benzene rings is 10. The zero-order valence-corrected chi connectivity index (χ0v) is 40.7. The van der Waals surface area contributed by atoms with E-state index in [1.54, 1.807) is 11.1 Å². The Morgan fingerprint density at radius 1 is 0.315 bits per heavy atom. The standard InChI is InChI=1S/C70H53N3/c1-3-13-47(14-4-1)48-23-27-54(28-24-48)71(55-29-31-56(32-30-55)72-66-21-11-8-18-59(66)60-19-9-12-22-67(60)72)57-33-36-68-63(44-57)61-34-25-50(43-69(61)73(68)53-15-5-2-6-16-53)49-26-35-65-62(42-49)58-17-7-10-20-64(58)70(65)51-38-45-37-46(40-51)41-52(70)39-45/h1-36,42-46,51-52H,37-41H2. The molecule has 3 nitrogen and oxygen atoms in total. The van der Waals surface area contributed by atoms with Crippen LogP contribution in [-0.2, 0) is 5.41 Å². The highest BCUT2D eigenvalue weighted by molar-refractivity contribution is 6.12. The molecule has 348 valence electrons. The van der Waals surface area contributed by atoms with Crippen molar-refractivity contribution in [3.05, 3.63) is 248 Å². The van der Waals surface area contributed by atoms with E-state index in [1.807, 2.05) is 0 Å². The van der Waals surface area contributed by atoms with Gasteiger partial charge in [0.25, 0.3) is 0 Å². The fourth-order valence-electron chi connectivity index (χ4n) is 15.4. The Labute approximate surface area is 426 Å². The van der Waals surface area contributed by atoms with Crippen molar-refractivity contribution in [3.63, 3.8) is 0 Å². The topological polar surface area (TPSA) is 13.1 Å². The molecule has 0 radical (unpaired) electrons. The van der Waals surface area contributed by atoms with Gasteiger partial charge in [-0.3, -0.25) is 0 Å². The number of para-hydroxylation sites is 3. The van der Waals surface area contributed by atoms with Gasteiger partial charge in [-0.25, -0.2) is 0 Å². The Bertz CT molecular complexity index is 4060. The first kappa shape index (κ1) is 41.2. The van der Waals surface area contributed by atoms with E-state index in [1.165, 1.54) is 109 Å². The quantitative estimate of drug-likeness (QED) is 0.155. The third-order valence-corrected chi connectivity index (χ3v) is 18.1. The number of aromatic nitrogens is 2. The van der Waals surface area contributed by atoms with Crippen LogP contribution in [0.15, 0.2) is 237 Å². The number of nitrogens with zero attached hydrogens (tertiary/aromatic N) is 3. The third-order valence-electron chi connectivity index (χ3n) is 18.1. The van der Waals surface area contributed by atoms with E-state index in [4.69, 9.17) is 0 Å². The van der Waals surface area contributed by atoms with Crippen molar-refractivity contribution in [1.82, 2.24) is 9.13 Å². The summed E-state index contributed by atoms with van der Waals surface area (Å²) in [6, 6.07) is 88.6. The third kappa shape index (κ3) is 6.06. The second-order valence-electron chi connectivity index (χ2n) is 21.7. The van der Waals surface area contributed by atoms with Gasteiger partial charge >= 0.3 is 0 Å². The molecule has 12 aromatic rings. The largest absolute Gasteiger partial charge is 0.310 e. The van der Waals surface area contributed by atoms with Gasteiger partial charge in [0.2, 0.25) is 0 Å². The molecule has 5 aliphatic rings. The van der Waals surface area contributed by atoms with Gasteiger partial charge in [-0.15, -0.1) is 0 Å². The summed E-state index contributed by atoms with van der Waals surface area (Å²) in [5.41, 5.74) is 21.7. The molecule has 0 unspecified atom stereocenters. The van der Waals surface area contributed by atoms with Crippen molar-refractivity contribution in [2.45, 2.75) is 37.5 Å². The van der Waals surface area contributed by atoms with Crippen LogP contribution < -0.4 is 4.90 Å². The van der Waals surface area contributed by atoms with Gasteiger partial charge < -0.3 is 14.0 Å². The fourth-order valence-corrected chi connectivity index (χ4v) is 15.4. The Morgan fingerprint density at radius 3 is 1.52 bits per heavy atom. The highest BCUT2D eigenvalue weighted by atomic mass is 15.1. The summed E-state index contributed by atoms with van der Waals surface area (Å²) >= 11 is 0. The minimum absolute atomic E-state index is 0.172. The molecule has 5 aliphatic carbocycles. The molecule has 0 aliphatic heterocycles. The molecule has 2 aromatic heterocycles. The molecular formula is C70H53N3. The van der Waals surface area contributed by atoms with Crippen LogP contribution in [0, 0.1) is 23.7 Å². The zero-order chi connectivity index (χ0) is 47.8. The maximum Gasteiger partial charge on any atom is 0.0547 e. The summed E-state index contributed by atoms with van der Waals surface area (Å²) < 4.78 is 4.87. The molecule has 1 spiro atoms. The normalized spacial score (nSPS) is 20.4. The number of hydrogen-bond acceptors (Lipinski definition) is 1. The minimum atomic E-state index is 0.172. The van der Waals surface area contributed by atoms with E-state index in [0.29, 0.717) is 0 Å². The highest BCUT2D eigenvalue weighted by Crippen LogP contribution is 2.69. The van der Waals surface area contributed by atoms with E-state index >= 15 is 0 Å². The predicted octanol–water partition coefficient (Wildman–Crippen LogP) is 18.4. The van der Waals surface area contributed by atoms with Crippen molar-refractivity contribution in [3.8, 4) is 44.8 Å². The van der Waals surface area contributed by atoms with Crippen molar-refractivity contribution >= 4 is 60.7 Å². The van der Waals surface area contributed by atoms with Crippen LogP contribution in [0.3, 0.4) is 0 Å². The molecule has 2 heterocycles. The number of fused-ring (bicyclic) bond motifs is 9. The van der Waals surface area contributed by atoms with Gasteiger partial charge in [-0.05, 0) is 191 Å². The van der Waals surface area contributed by atoms with Crippen molar-refractivity contribution < 1.29 is 0 Å². The first-order valence-corrected chi connectivity index (χ1v) is 26.6. The predicted molar refractivity (Wildman–Crippen MR) is 304 cm³/mol.